The molecule has 1 unspecified atom stereocenters. The van der Waals surface area contributed by atoms with E-state index < -0.39 is 0 Å². The molecule has 0 amide bonds. The van der Waals surface area contributed by atoms with E-state index in [0.717, 1.165) is 13.0 Å². The minimum atomic E-state index is -0.0753. The van der Waals surface area contributed by atoms with Gasteiger partial charge < -0.3 is 5.32 Å². The summed E-state index contributed by atoms with van der Waals surface area (Å²) in [6.45, 7) is 3.80. The molecule has 1 atom stereocenters. The summed E-state index contributed by atoms with van der Waals surface area (Å²) in [7, 11) is 0. The van der Waals surface area contributed by atoms with Crippen LogP contribution >= 0.6 is 0 Å². The fourth-order valence-corrected chi connectivity index (χ4v) is 3.25. The van der Waals surface area contributed by atoms with E-state index >= 15 is 0 Å². The molecular formula is C15H23N5O. The van der Waals surface area contributed by atoms with Gasteiger partial charge in [-0.25, -0.2) is 13.9 Å². The quantitative estimate of drug-likeness (QED) is 0.874. The minimum absolute atomic E-state index is 0.0753. The van der Waals surface area contributed by atoms with Crippen molar-refractivity contribution in [3.63, 3.8) is 0 Å². The van der Waals surface area contributed by atoms with Crippen molar-refractivity contribution in [3.8, 4) is 0 Å². The second-order valence-electron chi connectivity index (χ2n) is 5.87. The van der Waals surface area contributed by atoms with Crippen LogP contribution in [0.25, 0.3) is 5.65 Å². The van der Waals surface area contributed by atoms with Crippen LogP contribution < -0.4 is 11.0 Å². The van der Waals surface area contributed by atoms with Gasteiger partial charge in [-0.05, 0) is 31.7 Å². The summed E-state index contributed by atoms with van der Waals surface area (Å²) in [6.07, 6.45) is 11.1. The van der Waals surface area contributed by atoms with Gasteiger partial charge in [-0.2, -0.15) is 0 Å². The molecular weight excluding hydrogens is 266 g/mol. The van der Waals surface area contributed by atoms with Gasteiger partial charge in [0.15, 0.2) is 5.65 Å². The van der Waals surface area contributed by atoms with Crippen molar-refractivity contribution in [2.24, 2.45) is 5.92 Å². The number of fused-ring (bicyclic) bond motifs is 1. The molecule has 1 fully saturated rings. The molecule has 0 radical (unpaired) electrons. The summed E-state index contributed by atoms with van der Waals surface area (Å²) < 4.78 is 3.14. The topological polar surface area (TPSA) is 64.2 Å². The van der Waals surface area contributed by atoms with Crippen LogP contribution in [0.3, 0.4) is 0 Å². The van der Waals surface area contributed by atoms with Gasteiger partial charge in [0, 0.05) is 18.4 Å². The summed E-state index contributed by atoms with van der Waals surface area (Å²) in [5, 5.41) is 8.00. The van der Waals surface area contributed by atoms with Gasteiger partial charge in [0.25, 0.3) is 0 Å². The number of nitrogens with zero attached hydrogens (tertiary/aromatic N) is 4. The maximum atomic E-state index is 12.4. The second-order valence-corrected chi connectivity index (χ2v) is 5.87. The molecule has 6 heteroatoms. The first-order valence-corrected chi connectivity index (χ1v) is 7.92. The molecule has 1 aliphatic carbocycles. The van der Waals surface area contributed by atoms with Gasteiger partial charge in [0.05, 0.1) is 12.7 Å². The Morgan fingerprint density at radius 1 is 1.43 bits per heavy atom. The zero-order chi connectivity index (χ0) is 14.7. The monoisotopic (exact) mass is 289 g/mol. The Bertz CT molecular complexity index is 641. The Hall–Kier alpha value is -1.69. The predicted octanol–water partition coefficient (Wildman–Crippen LogP) is 1.45. The normalized spacial score (nSPS) is 17.6. The Labute approximate surface area is 124 Å². The van der Waals surface area contributed by atoms with Crippen molar-refractivity contribution in [2.45, 2.75) is 51.6 Å². The van der Waals surface area contributed by atoms with Crippen LogP contribution in [0.15, 0.2) is 23.4 Å². The van der Waals surface area contributed by atoms with E-state index in [1.54, 1.807) is 27.7 Å². The van der Waals surface area contributed by atoms with E-state index in [1.165, 1.54) is 25.7 Å². The van der Waals surface area contributed by atoms with Crippen molar-refractivity contribution in [3.05, 3.63) is 29.1 Å². The number of hydrogen-bond acceptors (Lipinski definition) is 4. The lowest BCUT2D eigenvalue weighted by atomic mass is 9.98. The van der Waals surface area contributed by atoms with Crippen molar-refractivity contribution in [1.29, 1.82) is 0 Å². The van der Waals surface area contributed by atoms with Crippen LogP contribution in [-0.2, 0) is 6.54 Å². The highest BCUT2D eigenvalue weighted by atomic mass is 16.2. The lowest BCUT2D eigenvalue weighted by Gasteiger charge is -2.24. The van der Waals surface area contributed by atoms with E-state index in [4.69, 9.17) is 0 Å². The van der Waals surface area contributed by atoms with Crippen molar-refractivity contribution >= 4 is 5.65 Å². The fourth-order valence-electron chi connectivity index (χ4n) is 3.25. The van der Waals surface area contributed by atoms with E-state index in [2.05, 4.69) is 22.3 Å². The van der Waals surface area contributed by atoms with Gasteiger partial charge in [-0.3, -0.25) is 4.98 Å². The van der Waals surface area contributed by atoms with Crippen LogP contribution in [0.2, 0.25) is 0 Å². The Kier molecular flexibility index (Phi) is 4.34. The largest absolute Gasteiger partial charge is 0.350 e. The Morgan fingerprint density at radius 2 is 2.24 bits per heavy atom. The predicted molar refractivity (Wildman–Crippen MR) is 81.3 cm³/mol. The average molecular weight is 289 g/mol. The fraction of sp³-hybridized carbons (Fsp3) is 0.667. The molecule has 0 aromatic carbocycles. The zero-order valence-corrected chi connectivity index (χ0v) is 12.5. The van der Waals surface area contributed by atoms with E-state index in [0.29, 0.717) is 24.2 Å². The molecule has 2 heterocycles. The van der Waals surface area contributed by atoms with E-state index in [-0.39, 0.29) is 5.69 Å². The average Bonchev–Trinajstić information content (AvgIpc) is 3.13. The molecule has 114 valence electrons. The molecule has 1 aliphatic rings. The molecule has 6 nitrogen and oxygen atoms in total. The highest BCUT2D eigenvalue weighted by Gasteiger charge is 2.25. The van der Waals surface area contributed by atoms with E-state index in [9.17, 15) is 4.79 Å². The van der Waals surface area contributed by atoms with Crippen LogP contribution in [0.1, 0.15) is 39.0 Å². The minimum Gasteiger partial charge on any atom is -0.312 e. The third-order valence-electron chi connectivity index (χ3n) is 4.38. The van der Waals surface area contributed by atoms with Gasteiger partial charge in [0.1, 0.15) is 0 Å². The van der Waals surface area contributed by atoms with Crippen molar-refractivity contribution in [1.82, 2.24) is 24.5 Å². The third kappa shape index (κ3) is 3.00. The Morgan fingerprint density at radius 3 is 2.95 bits per heavy atom. The van der Waals surface area contributed by atoms with Crippen LogP contribution in [0.5, 0.6) is 0 Å². The highest BCUT2D eigenvalue weighted by molar-refractivity contribution is 5.31. The van der Waals surface area contributed by atoms with Gasteiger partial charge in [0.2, 0.25) is 0 Å². The van der Waals surface area contributed by atoms with Gasteiger partial charge >= 0.3 is 5.69 Å². The number of nitrogens with one attached hydrogen (secondary N) is 1. The van der Waals surface area contributed by atoms with Crippen LogP contribution in [0.4, 0.5) is 0 Å². The molecule has 21 heavy (non-hydrogen) atoms. The smallest absolute Gasteiger partial charge is 0.312 e. The number of aromatic nitrogens is 4. The zero-order valence-electron chi connectivity index (χ0n) is 12.5. The van der Waals surface area contributed by atoms with Gasteiger partial charge in [-0.1, -0.05) is 19.8 Å². The molecule has 0 bridgehead atoms. The first-order chi connectivity index (χ1) is 10.3. The lowest BCUT2D eigenvalue weighted by molar-refractivity contribution is 0.309. The van der Waals surface area contributed by atoms with Crippen molar-refractivity contribution in [2.75, 3.05) is 6.54 Å². The number of hydrogen-bond donors (Lipinski definition) is 1. The highest BCUT2D eigenvalue weighted by Crippen LogP contribution is 2.28. The first-order valence-electron chi connectivity index (χ1n) is 7.92. The second kappa shape index (κ2) is 6.39. The molecule has 3 rings (SSSR count). The third-order valence-corrected chi connectivity index (χ3v) is 4.38. The number of rotatable bonds is 6. The standard InChI is InChI=1S/C15H23N5O/c1-2-7-17-13(12-5-3-4-6-12)11-20-15(21)19-9-8-16-10-14(19)18-20/h8-10,12-13,17H,2-7,11H2,1H3. The van der Waals surface area contributed by atoms with Crippen molar-refractivity contribution < 1.29 is 0 Å². The molecule has 2 aromatic rings. The molecule has 1 N–H and O–H groups in total. The van der Waals surface area contributed by atoms with Crippen LogP contribution in [-0.4, -0.2) is 31.8 Å². The molecule has 1 saturated carbocycles. The Balaban J connectivity index is 1.82. The molecule has 2 aromatic heterocycles. The van der Waals surface area contributed by atoms with Crippen LogP contribution in [0, 0.1) is 5.92 Å². The van der Waals surface area contributed by atoms with Gasteiger partial charge in [-0.15, -0.1) is 5.10 Å². The lowest BCUT2D eigenvalue weighted by Crippen LogP contribution is -2.41. The summed E-state index contributed by atoms with van der Waals surface area (Å²) in [6, 6.07) is 0.336. The molecule has 0 saturated heterocycles. The first kappa shape index (κ1) is 14.3. The maximum Gasteiger partial charge on any atom is 0.350 e. The summed E-state index contributed by atoms with van der Waals surface area (Å²) in [5.74, 6) is 0.659. The summed E-state index contributed by atoms with van der Waals surface area (Å²) in [4.78, 5) is 16.4. The summed E-state index contributed by atoms with van der Waals surface area (Å²) in [5.41, 5.74) is 0.539. The molecule has 0 spiro atoms. The summed E-state index contributed by atoms with van der Waals surface area (Å²) >= 11 is 0. The maximum absolute atomic E-state index is 12.4. The van der Waals surface area contributed by atoms with E-state index in [1.807, 2.05) is 0 Å². The molecule has 0 aliphatic heterocycles. The SMILES string of the molecule is CCCNC(Cn1nc2cnccn2c1=O)C1CCCC1.